The molecule has 1 aromatic heterocycles. The van der Waals surface area contributed by atoms with Crippen LogP contribution in [0.25, 0.3) is 0 Å². The zero-order valence-electron chi connectivity index (χ0n) is 15.1. The summed E-state index contributed by atoms with van der Waals surface area (Å²) in [6.45, 7) is 10.7. The number of nitrogens with one attached hydrogen (secondary N) is 2. The largest absolute Gasteiger partial charge is 0.444 e. The maximum Gasteiger partial charge on any atom is 0.407 e. The van der Waals surface area contributed by atoms with Crippen LogP contribution in [-0.4, -0.2) is 36.5 Å². The summed E-state index contributed by atoms with van der Waals surface area (Å²) in [5.74, 6) is 0.381. The summed E-state index contributed by atoms with van der Waals surface area (Å²) < 4.78 is 11.3. The predicted octanol–water partition coefficient (Wildman–Crippen LogP) is 3.39. The van der Waals surface area contributed by atoms with E-state index in [2.05, 4.69) is 35.9 Å². The van der Waals surface area contributed by atoms with Crippen molar-refractivity contribution in [2.45, 2.75) is 70.9 Å². The number of rotatable bonds is 4. The quantitative estimate of drug-likeness (QED) is 0.872. The van der Waals surface area contributed by atoms with E-state index in [1.54, 1.807) is 11.3 Å². The molecule has 5 atom stereocenters. The van der Waals surface area contributed by atoms with Crippen LogP contribution in [0, 0.1) is 12.8 Å². The molecule has 2 N–H and O–H groups in total. The highest BCUT2D eigenvalue weighted by Gasteiger charge is 2.55. The molecule has 1 aromatic rings. The van der Waals surface area contributed by atoms with Crippen molar-refractivity contribution in [2.24, 2.45) is 5.92 Å². The minimum atomic E-state index is -0.482. The molecule has 1 saturated heterocycles. The van der Waals surface area contributed by atoms with Crippen LogP contribution >= 0.6 is 11.3 Å². The maximum absolute atomic E-state index is 12.2. The first-order chi connectivity index (χ1) is 11.3. The second-order valence-electron chi connectivity index (χ2n) is 7.84. The lowest BCUT2D eigenvalue weighted by molar-refractivity contribution is -0.0370. The standard InChI is InChI=1S/C18H28N2O3S/c1-10-7-9-24-16(10)11(2)19-14-13(12-6-8-22-15(12)14)20-17(21)23-18(3,4)5/h7,9,11-15,19H,6,8H2,1-5H3,(H,20,21). The maximum atomic E-state index is 12.2. The predicted molar refractivity (Wildman–Crippen MR) is 95.4 cm³/mol. The molecule has 1 amide bonds. The van der Waals surface area contributed by atoms with Crippen LogP contribution in [0.4, 0.5) is 4.79 Å². The van der Waals surface area contributed by atoms with Gasteiger partial charge in [0.05, 0.1) is 18.2 Å². The molecule has 1 aliphatic carbocycles. The highest BCUT2D eigenvalue weighted by atomic mass is 32.1. The highest BCUT2D eigenvalue weighted by Crippen LogP contribution is 2.40. The van der Waals surface area contributed by atoms with Crippen LogP contribution in [0.2, 0.25) is 0 Å². The van der Waals surface area contributed by atoms with E-state index in [1.807, 2.05) is 20.8 Å². The zero-order valence-corrected chi connectivity index (χ0v) is 15.9. The highest BCUT2D eigenvalue weighted by molar-refractivity contribution is 7.10. The van der Waals surface area contributed by atoms with Gasteiger partial charge in [-0.3, -0.25) is 0 Å². The van der Waals surface area contributed by atoms with Gasteiger partial charge in [-0.2, -0.15) is 0 Å². The Kier molecular flexibility index (Phi) is 4.91. The molecule has 3 rings (SSSR count). The monoisotopic (exact) mass is 352 g/mol. The van der Waals surface area contributed by atoms with Gasteiger partial charge in [-0.15, -0.1) is 11.3 Å². The molecule has 134 valence electrons. The Bertz CT molecular complexity index is 595. The Hall–Kier alpha value is -1.11. The lowest BCUT2D eigenvalue weighted by atomic mass is 9.71. The Labute approximate surface area is 148 Å². The van der Waals surface area contributed by atoms with Gasteiger partial charge in [0.15, 0.2) is 0 Å². The molecule has 0 spiro atoms. The number of ether oxygens (including phenoxy) is 2. The van der Waals surface area contributed by atoms with Gasteiger partial charge in [0.25, 0.3) is 0 Å². The van der Waals surface area contributed by atoms with E-state index in [0.717, 1.165) is 13.0 Å². The third-order valence-electron chi connectivity index (χ3n) is 4.81. The average molecular weight is 353 g/mol. The van der Waals surface area contributed by atoms with E-state index in [0.29, 0.717) is 5.92 Å². The average Bonchev–Trinajstić information content (AvgIpc) is 3.07. The Balaban J connectivity index is 1.64. The number of alkyl carbamates (subject to hydrolysis) is 1. The second-order valence-corrected chi connectivity index (χ2v) is 8.79. The summed E-state index contributed by atoms with van der Waals surface area (Å²) in [4.78, 5) is 13.5. The molecular formula is C18H28N2O3S. The molecule has 24 heavy (non-hydrogen) atoms. The van der Waals surface area contributed by atoms with Gasteiger partial charge in [0.1, 0.15) is 5.60 Å². The minimum Gasteiger partial charge on any atom is -0.444 e. The van der Waals surface area contributed by atoms with Gasteiger partial charge >= 0.3 is 6.09 Å². The summed E-state index contributed by atoms with van der Waals surface area (Å²) in [7, 11) is 0. The van der Waals surface area contributed by atoms with Crippen LogP contribution in [0.3, 0.4) is 0 Å². The Morgan fingerprint density at radius 2 is 2.17 bits per heavy atom. The van der Waals surface area contributed by atoms with Gasteiger partial charge in [-0.1, -0.05) is 0 Å². The van der Waals surface area contributed by atoms with Crippen LogP contribution in [0.15, 0.2) is 11.4 Å². The molecule has 6 heteroatoms. The van der Waals surface area contributed by atoms with E-state index < -0.39 is 5.60 Å². The zero-order chi connectivity index (χ0) is 17.5. The van der Waals surface area contributed by atoms with Gasteiger partial charge < -0.3 is 20.1 Å². The van der Waals surface area contributed by atoms with Crippen molar-refractivity contribution in [1.82, 2.24) is 10.6 Å². The minimum absolute atomic E-state index is 0.0649. The number of carbonyl (C=O) groups is 1. The molecule has 1 saturated carbocycles. The van der Waals surface area contributed by atoms with Crippen LogP contribution in [0.5, 0.6) is 0 Å². The Morgan fingerprint density at radius 3 is 2.79 bits per heavy atom. The molecule has 2 fully saturated rings. The molecule has 5 nitrogen and oxygen atoms in total. The number of hydrogen-bond donors (Lipinski definition) is 2. The molecule has 0 aromatic carbocycles. The first-order valence-corrected chi connectivity index (χ1v) is 9.55. The van der Waals surface area contributed by atoms with Gasteiger partial charge in [-0.25, -0.2) is 4.79 Å². The van der Waals surface area contributed by atoms with Crippen LogP contribution in [0.1, 0.15) is 50.6 Å². The number of aryl methyl sites for hydroxylation is 1. The smallest absolute Gasteiger partial charge is 0.407 e. The van der Waals surface area contributed by atoms with E-state index in [-0.39, 0.29) is 30.3 Å². The summed E-state index contributed by atoms with van der Waals surface area (Å²) >= 11 is 1.77. The van der Waals surface area contributed by atoms with Crippen molar-refractivity contribution in [2.75, 3.05) is 6.61 Å². The normalized spacial score (nSPS) is 30.4. The molecule has 2 heterocycles. The van der Waals surface area contributed by atoms with Gasteiger partial charge in [-0.05, 0) is 58.0 Å². The molecule has 5 unspecified atom stereocenters. The molecule has 1 aliphatic heterocycles. The molecule has 0 radical (unpaired) electrons. The number of amides is 1. The second kappa shape index (κ2) is 6.65. The number of fused-ring (bicyclic) bond motifs is 1. The van der Waals surface area contributed by atoms with Crippen molar-refractivity contribution >= 4 is 17.4 Å². The van der Waals surface area contributed by atoms with Crippen LogP contribution < -0.4 is 10.6 Å². The van der Waals surface area contributed by atoms with Gasteiger partial charge in [0.2, 0.25) is 0 Å². The number of thiophene rings is 1. The van der Waals surface area contributed by atoms with Crippen molar-refractivity contribution < 1.29 is 14.3 Å². The lowest BCUT2D eigenvalue weighted by Crippen LogP contribution is -2.70. The van der Waals surface area contributed by atoms with E-state index >= 15 is 0 Å². The number of hydrogen-bond acceptors (Lipinski definition) is 5. The topological polar surface area (TPSA) is 59.6 Å². The van der Waals surface area contributed by atoms with E-state index in [9.17, 15) is 4.79 Å². The van der Waals surface area contributed by atoms with Crippen molar-refractivity contribution in [3.63, 3.8) is 0 Å². The fraction of sp³-hybridized carbons (Fsp3) is 0.722. The SMILES string of the molecule is Cc1ccsc1C(C)NC1C(NC(=O)OC(C)(C)C)C2CCOC21. The third-order valence-corrected chi connectivity index (χ3v) is 6.01. The number of carbonyl (C=O) groups excluding carboxylic acids is 1. The van der Waals surface area contributed by atoms with Crippen LogP contribution in [-0.2, 0) is 9.47 Å². The summed E-state index contributed by atoms with van der Waals surface area (Å²) in [6, 6.07) is 2.57. The third kappa shape index (κ3) is 3.60. The summed E-state index contributed by atoms with van der Waals surface area (Å²) in [5.41, 5.74) is 0.823. The molecule has 2 aliphatic rings. The summed E-state index contributed by atoms with van der Waals surface area (Å²) in [6.07, 6.45) is 0.840. The van der Waals surface area contributed by atoms with E-state index in [4.69, 9.17) is 9.47 Å². The fourth-order valence-corrected chi connectivity index (χ4v) is 4.68. The van der Waals surface area contributed by atoms with E-state index in [1.165, 1.54) is 10.4 Å². The Morgan fingerprint density at radius 1 is 1.42 bits per heavy atom. The van der Waals surface area contributed by atoms with Crippen molar-refractivity contribution in [3.05, 3.63) is 21.9 Å². The lowest BCUT2D eigenvalue weighted by Gasteiger charge is -2.49. The van der Waals surface area contributed by atoms with Gasteiger partial charge in [0, 0.05) is 23.4 Å². The fourth-order valence-electron chi connectivity index (χ4n) is 3.74. The van der Waals surface area contributed by atoms with Crippen molar-refractivity contribution in [1.29, 1.82) is 0 Å². The molecular weight excluding hydrogens is 324 g/mol. The first kappa shape index (κ1) is 17.7. The summed E-state index contributed by atoms with van der Waals surface area (Å²) in [5, 5.41) is 8.84. The first-order valence-electron chi connectivity index (χ1n) is 8.67. The van der Waals surface area contributed by atoms with Crippen molar-refractivity contribution in [3.8, 4) is 0 Å². The molecule has 0 bridgehead atoms.